The van der Waals surface area contributed by atoms with Gasteiger partial charge in [0, 0.05) is 30.1 Å². The summed E-state index contributed by atoms with van der Waals surface area (Å²) >= 11 is 1.25. The summed E-state index contributed by atoms with van der Waals surface area (Å²) in [6.45, 7) is 3.33. The molecule has 0 bridgehead atoms. The van der Waals surface area contributed by atoms with Gasteiger partial charge in [0.05, 0.1) is 11.3 Å². The fourth-order valence-corrected chi connectivity index (χ4v) is 5.05. The number of hydrogen-bond acceptors (Lipinski definition) is 4. The Kier molecular flexibility index (Phi) is 5.11. The first-order chi connectivity index (χ1) is 15.5. The number of likely N-dealkylation sites (tertiary alicyclic amines) is 1. The van der Waals surface area contributed by atoms with Crippen LogP contribution in [0.25, 0.3) is 15.9 Å². The number of amides is 2. The van der Waals surface area contributed by atoms with Gasteiger partial charge in [-0.15, -0.1) is 0 Å². The van der Waals surface area contributed by atoms with Crippen LogP contribution in [-0.4, -0.2) is 34.4 Å². The Morgan fingerprint density at radius 2 is 1.75 bits per heavy atom. The van der Waals surface area contributed by atoms with Crippen molar-refractivity contribution in [1.82, 2.24) is 9.47 Å². The van der Waals surface area contributed by atoms with Crippen LogP contribution < -0.4 is 10.9 Å². The highest BCUT2D eigenvalue weighted by molar-refractivity contribution is 7.23. The van der Waals surface area contributed by atoms with E-state index >= 15 is 0 Å². The zero-order valence-corrected chi connectivity index (χ0v) is 18.3. The number of nitrogens with zero attached hydrogens (tertiary/aromatic N) is 2. The smallest absolute Gasteiger partial charge is 0.322 e. The number of para-hydroxylation sites is 1. The third-order valence-electron chi connectivity index (χ3n) is 5.63. The molecule has 32 heavy (non-hydrogen) atoms. The number of pyridine rings is 1. The van der Waals surface area contributed by atoms with Crippen molar-refractivity contribution >= 4 is 38.4 Å². The number of thiophene rings is 1. The topological polar surface area (TPSA) is 71.4 Å². The molecular weight excluding hydrogens is 422 g/mol. The first-order valence-corrected chi connectivity index (χ1v) is 11.3. The largest absolute Gasteiger partial charge is 0.324 e. The minimum Gasteiger partial charge on any atom is -0.324 e. The van der Waals surface area contributed by atoms with Crippen LogP contribution in [0, 0.1) is 6.92 Å². The van der Waals surface area contributed by atoms with Gasteiger partial charge in [0.25, 0.3) is 5.56 Å². The van der Waals surface area contributed by atoms with Gasteiger partial charge in [0.2, 0.25) is 0 Å². The van der Waals surface area contributed by atoms with E-state index in [1.54, 1.807) is 21.6 Å². The quantitative estimate of drug-likeness (QED) is 0.459. The third kappa shape index (κ3) is 3.50. The summed E-state index contributed by atoms with van der Waals surface area (Å²) in [4.78, 5) is 41.5. The molecule has 1 N–H and O–H groups in total. The number of benzene rings is 2. The minimum absolute atomic E-state index is 0.183. The number of aromatic nitrogens is 1. The minimum atomic E-state index is -0.227. The standard InChI is InChI=1S/C25H21N3O3S/c1-16-7-5-8-17(15-16)22(30)21-19-11-12-20(29)28(18-9-3-2-4-10-18)24(19)32-23(21)26-25(31)27-13-6-14-27/h2-5,7-12,15H,6,13-14H2,1H3,(H,26,31). The van der Waals surface area contributed by atoms with E-state index in [0.717, 1.165) is 12.0 Å². The van der Waals surface area contributed by atoms with E-state index in [4.69, 9.17) is 0 Å². The van der Waals surface area contributed by atoms with E-state index in [1.165, 1.54) is 17.4 Å². The molecule has 0 unspecified atom stereocenters. The second kappa shape index (κ2) is 8.09. The van der Waals surface area contributed by atoms with Crippen molar-refractivity contribution in [2.45, 2.75) is 13.3 Å². The molecule has 0 radical (unpaired) electrons. The van der Waals surface area contributed by atoms with Gasteiger partial charge in [-0.05, 0) is 37.6 Å². The van der Waals surface area contributed by atoms with E-state index in [2.05, 4.69) is 5.32 Å². The lowest BCUT2D eigenvalue weighted by molar-refractivity contribution is 0.104. The number of rotatable bonds is 4. The molecule has 5 rings (SSSR count). The summed E-state index contributed by atoms with van der Waals surface area (Å²) in [6.07, 6.45) is 0.975. The molecule has 2 aromatic heterocycles. The van der Waals surface area contributed by atoms with Gasteiger partial charge in [-0.1, -0.05) is 53.3 Å². The molecule has 0 saturated carbocycles. The number of anilines is 1. The number of nitrogens with one attached hydrogen (secondary N) is 1. The zero-order chi connectivity index (χ0) is 22.2. The van der Waals surface area contributed by atoms with Gasteiger partial charge < -0.3 is 4.90 Å². The van der Waals surface area contributed by atoms with Crippen LogP contribution >= 0.6 is 11.3 Å². The first kappa shape index (κ1) is 20.2. The van der Waals surface area contributed by atoms with Crippen LogP contribution in [0.4, 0.5) is 9.80 Å². The van der Waals surface area contributed by atoms with Gasteiger partial charge in [-0.25, -0.2) is 4.79 Å². The van der Waals surface area contributed by atoms with Gasteiger partial charge in [-0.2, -0.15) is 0 Å². The number of hydrogen-bond donors (Lipinski definition) is 1. The molecule has 3 heterocycles. The predicted molar refractivity (Wildman–Crippen MR) is 127 cm³/mol. The second-order valence-corrected chi connectivity index (χ2v) is 8.84. The predicted octanol–water partition coefficient (Wildman–Crippen LogP) is 4.83. The fourth-order valence-electron chi connectivity index (χ4n) is 3.84. The highest BCUT2D eigenvalue weighted by Gasteiger charge is 2.27. The van der Waals surface area contributed by atoms with Gasteiger partial charge in [0.1, 0.15) is 9.83 Å². The Balaban J connectivity index is 1.72. The zero-order valence-electron chi connectivity index (χ0n) is 17.5. The first-order valence-electron chi connectivity index (χ1n) is 10.4. The SMILES string of the molecule is Cc1cccc(C(=O)c2c(NC(=O)N3CCC3)sc3c2ccc(=O)n3-c2ccccc2)c1. The second-order valence-electron chi connectivity index (χ2n) is 7.84. The van der Waals surface area contributed by atoms with E-state index in [1.807, 2.05) is 55.5 Å². The summed E-state index contributed by atoms with van der Waals surface area (Å²) in [5.41, 5.74) is 2.44. The summed E-state index contributed by atoms with van der Waals surface area (Å²) in [6, 6.07) is 19.6. The van der Waals surface area contributed by atoms with Gasteiger partial charge in [0.15, 0.2) is 5.78 Å². The highest BCUT2D eigenvalue weighted by atomic mass is 32.1. The van der Waals surface area contributed by atoms with Crippen molar-refractivity contribution in [3.63, 3.8) is 0 Å². The number of urea groups is 1. The van der Waals surface area contributed by atoms with Gasteiger partial charge in [-0.3, -0.25) is 19.5 Å². The van der Waals surface area contributed by atoms with Crippen molar-refractivity contribution in [1.29, 1.82) is 0 Å². The van der Waals surface area contributed by atoms with Crippen LogP contribution in [0.5, 0.6) is 0 Å². The molecule has 0 atom stereocenters. The average Bonchev–Trinajstić information content (AvgIpc) is 3.10. The molecule has 1 aliphatic rings. The number of aryl methyl sites for hydroxylation is 1. The van der Waals surface area contributed by atoms with Crippen molar-refractivity contribution in [2.24, 2.45) is 0 Å². The van der Waals surface area contributed by atoms with Crippen LogP contribution in [0.15, 0.2) is 71.5 Å². The van der Waals surface area contributed by atoms with E-state index < -0.39 is 0 Å². The summed E-state index contributed by atoms with van der Waals surface area (Å²) in [7, 11) is 0. The average molecular weight is 444 g/mol. The van der Waals surface area contributed by atoms with Crippen molar-refractivity contribution in [3.05, 3.63) is 93.8 Å². The Labute approximate surface area is 188 Å². The lowest BCUT2D eigenvalue weighted by Gasteiger charge is -2.30. The molecule has 2 aromatic carbocycles. The lowest BCUT2D eigenvalue weighted by atomic mass is 10.0. The molecule has 0 spiro atoms. The monoisotopic (exact) mass is 443 g/mol. The summed E-state index contributed by atoms with van der Waals surface area (Å²) < 4.78 is 1.59. The van der Waals surface area contributed by atoms with Crippen LogP contribution in [-0.2, 0) is 0 Å². The maximum Gasteiger partial charge on any atom is 0.322 e. The van der Waals surface area contributed by atoms with Gasteiger partial charge >= 0.3 is 6.03 Å². The number of ketones is 1. The summed E-state index contributed by atoms with van der Waals surface area (Å²) in [5.74, 6) is -0.183. The number of fused-ring (bicyclic) bond motifs is 1. The van der Waals surface area contributed by atoms with Crippen molar-refractivity contribution in [2.75, 3.05) is 18.4 Å². The molecule has 7 heteroatoms. The molecule has 1 fully saturated rings. The Bertz CT molecular complexity index is 1400. The van der Waals surface area contributed by atoms with E-state index in [-0.39, 0.29) is 17.4 Å². The van der Waals surface area contributed by atoms with E-state index in [0.29, 0.717) is 45.1 Å². The third-order valence-corrected chi connectivity index (χ3v) is 6.73. The maximum absolute atomic E-state index is 13.6. The summed E-state index contributed by atoms with van der Waals surface area (Å²) in [5, 5.41) is 4.03. The Morgan fingerprint density at radius 3 is 2.44 bits per heavy atom. The van der Waals surface area contributed by atoms with Crippen LogP contribution in [0.1, 0.15) is 27.9 Å². The van der Waals surface area contributed by atoms with Crippen molar-refractivity contribution in [3.8, 4) is 5.69 Å². The molecule has 2 amide bonds. The lowest BCUT2D eigenvalue weighted by Crippen LogP contribution is -2.44. The fraction of sp³-hybridized carbons (Fsp3) is 0.160. The maximum atomic E-state index is 13.6. The highest BCUT2D eigenvalue weighted by Crippen LogP contribution is 2.38. The molecule has 4 aromatic rings. The van der Waals surface area contributed by atoms with Crippen LogP contribution in [0.3, 0.4) is 0 Å². The molecule has 6 nitrogen and oxygen atoms in total. The normalized spacial score (nSPS) is 13.1. The molecule has 1 aliphatic heterocycles. The number of carbonyl (C=O) groups is 2. The number of carbonyl (C=O) groups excluding carboxylic acids is 2. The van der Waals surface area contributed by atoms with Crippen LogP contribution in [0.2, 0.25) is 0 Å². The molecular formula is C25H21N3O3S. The molecule has 160 valence electrons. The van der Waals surface area contributed by atoms with Crippen molar-refractivity contribution < 1.29 is 9.59 Å². The Hall–Kier alpha value is -3.71. The Morgan fingerprint density at radius 1 is 0.969 bits per heavy atom. The van der Waals surface area contributed by atoms with E-state index in [9.17, 15) is 14.4 Å². The molecule has 1 saturated heterocycles. The molecule has 0 aliphatic carbocycles.